The fourth-order valence-electron chi connectivity index (χ4n) is 4.38. The molecule has 3 rings (SSSR count). The Balaban J connectivity index is 1.90. The normalized spacial score (nSPS) is 28.0. The van der Waals surface area contributed by atoms with E-state index >= 15 is 0 Å². The SMILES string of the molecule is C[C@@H]1C[C@@H](c2ccccc2)[C@](C)(C[Si](C)(C)c2ccccc2)O1. The number of ether oxygens (including phenoxy) is 1. The number of hydrogen-bond acceptors (Lipinski definition) is 1. The van der Waals surface area contributed by atoms with Crippen molar-refractivity contribution in [3.8, 4) is 0 Å². The largest absolute Gasteiger partial charge is 0.372 e. The molecule has 23 heavy (non-hydrogen) atoms. The predicted octanol–water partition coefficient (Wildman–Crippen LogP) is 4.95. The topological polar surface area (TPSA) is 9.23 Å². The molecule has 1 saturated heterocycles. The molecular weight excluding hydrogens is 296 g/mol. The second-order valence-corrected chi connectivity index (χ2v) is 12.6. The van der Waals surface area contributed by atoms with E-state index in [2.05, 4.69) is 87.6 Å². The first kappa shape index (κ1) is 16.5. The molecule has 1 fully saturated rings. The minimum absolute atomic E-state index is 0.0632. The number of rotatable bonds is 4. The first-order valence-corrected chi connectivity index (χ1v) is 11.9. The summed E-state index contributed by atoms with van der Waals surface area (Å²) in [5, 5.41) is 1.52. The van der Waals surface area contributed by atoms with Gasteiger partial charge in [0.05, 0.1) is 19.8 Å². The van der Waals surface area contributed by atoms with Gasteiger partial charge in [-0.2, -0.15) is 0 Å². The van der Waals surface area contributed by atoms with E-state index in [1.165, 1.54) is 10.8 Å². The molecule has 0 unspecified atom stereocenters. The van der Waals surface area contributed by atoms with E-state index in [-0.39, 0.29) is 5.60 Å². The summed E-state index contributed by atoms with van der Waals surface area (Å²) in [5.74, 6) is 0.495. The molecule has 2 aromatic rings. The monoisotopic (exact) mass is 324 g/mol. The number of benzene rings is 2. The van der Waals surface area contributed by atoms with Crippen molar-refractivity contribution in [1.82, 2.24) is 0 Å². The molecule has 0 bridgehead atoms. The van der Waals surface area contributed by atoms with Crippen molar-refractivity contribution in [3.05, 3.63) is 66.2 Å². The van der Waals surface area contributed by atoms with Crippen LogP contribution in [-0.2, 0) is 4.74 Å². The van der Waals surface area contributed by atoms with Gasteiger partial charge in [-0.05, 0) is 31.9 Å². The van der Waals surface area contributed by atoms with Gasteiger partial charge in [0.1, 0.15) is 0 Å². The van der Waals surface area contributed by atoms with E-state index in [1.54, 1.807) is 0 Å². The van der Waals surface area contributed by atoms with Crippen molar-refractivity contribution < 1.29 is 4.74 Å². The van der Waals surface area contributed by atoms with E-state index in [4.69, 9.17) is 4.74 Å². The molecule has 0 amide bonds. The van der Waals surface area contributed by atoms with E-state index in [9.17, 15) is 0 Å². The molecule has 1 aliphatic rings. The van der Waals surface area contributed by atoms with E-state index in [0.717, 1.165) is 12.5 Å². The second-order valence-electron chi connectivity index (χ2n) is 7.87. The summed E-state index contributed by atoms with van der Waals surface area (Å²) in [4.78, 5) is 0. The Morgan fingerprint density at radius 3 is 2.17 bits per heavy atom. The lowest BCUT2D eigenvalue weighted by Gasteiger charge is -2.38. The Hall–Kier alpha value is -1.38. The molecule has 1 nitrogen and oxygen atoms in total. The standard InChI is InChI=1S/C21H28OSi/c1-17-15-20(18-11-7-5-8-12-18)21(2,22-17)16-23(3,4)19-13-9-6-10-14-19/h5-14,17,20H,15-16H2,1-4H3/t17-,20+,21+/m1/s1. The highest BCUT2D eigenvalue weighted by Gasteiger charge is 2.47. The maximum atomic E-state index is 6.51. The van der Waals surface area contributed by atoms with E-state index in [1.807, 2.05) is 0 Å². The molecule has 0 aromatic heterocycles. The van der Waals surface area contributed by atoms with Crippen LogP contribution in [0, 0.1) is 0 Å². The van der Waals surface area contributed by atoms with Crippen molar-refractivity contribution in [1.29, 1.82) is 0 Å². The van der Waals surface area contributed by atoms with Crippen molar-refractivity contribution in [2.45, 2.75) is 57.0 Å². The third-order valence-electron chi connectivity index (χ3n) is 5.33. The minimum atomic E-state index is -1.55. The zero-order chi connectivity index (χ0) is 16.5. The Bertz CT molecular complexity index is 637. The Morgan fingerprint density at radius 2 is 1.57 bits per heavy atom. The van der Waals surface area contributed by atoms with Crippen LogP contribution in [0.1, 0.15) is 31.7 Å². The summed E-state index contributed by atoms with van der Waals surface area (Å²) >= 11 is 0. The fourth-order valence-corrected chi connectivity index (χ4v) is 7.76. The van der Waals surface area contributed by atoms with Gasteiger partial charge in [0.15, 0.2) is 0 Å². The average molecular weight is 325 g/mol. The molecule has 1 aliphatic heterocycles. The van der Waals surface area contributed by atoms with E-state index < -0.39 is 8.07 Å². The van der Waals surface area contributed by atoms with Crippen LogP contribution in [0.4, 0.5) is 0 Å². The van der Waals surface area contributed by atoms with Crippen LogP contribution in [0.2, 0.25) is 19.1 Å². The lowest BCUT2D eigenvalue weighted by Crippen LogP contribution is -2.49. The summed E-state index contributed by atoms with van der Waals surface area (Å²) < 4.78 is 6.51. The van der Waals surface area contributed by atoms with Gasteiger partial charge in [0, 0.05) is 5.92 Å². The van der Waals surface area contributed by atoms with Gasteiger partial charge in [-0.3, -0.25) is 0 Å². The first-order chi connectivity index (χ1) is 10.9. The smallest absolute Gasteiger partial charge is 0.0834 e. The van der Waals surface area contributed by atoms with Crippen LogP contribution in [0.25, 0.3) is 0 Å². The molecule has 0 N–H and O–H groups in total. The van der Waals surface area contributed by atoms with Crippen molar-refractivity contribution in [3.63, 3.8) is 0 Å². The van der Waals surface area contributed by atoms with Crippen LogP contribution in [-0.4, -0.2) is 19.8 Å². The van der Waals surface area contributed by atoms with E-state index in [0.29, 0.717) is 12.0 Å². The fraction of sp³-hybridized carbons (Fsp3) is 0.429. The minimum Gasteiger partial charge on any atom is -0.372 e. The van der Waals surface area contributed by atoms with Crippen LogP contribution < -0.4 is 5.19 Å². The molecule has 0 spiro atoms. The highest BCUT2D eigenvalue weighted by atomic mass is 28.3. The quantitative estimate of drug-likeness (QED) is 0.723. The summed E-state index contributed by atoms with van der Waals surface area (Å²) in [6.07, 6.45) is 1.46. The first-order valence-electron chi connectivity index (χ1n) is 8.69. The van der Waals surface area contributed by atoms with Gasteiger partial charge in [0.25, 0.3) is 0 Å². The van der Waals surface area contributed by atoms with Crippen molar-refractivity contribution >= 4 is 13.3 Å². The molecule has 1 heterocycles. The third-order valence-corrected chi connectivity index (χ3v) is 8.81. The molecule has 122 valence electrons. The molecular formula is C21H28OSi. The van der Waals surface area contributed by atoms with Gasteiger partial charge in [-0.1, -0.05) is 78.9 Å². The predicted molar refractivity (Wildman–Crippen MR) is 101 cm³/mol. The number of hydrogen-bond donors (Lipinski definition) is 0. The van der Waals surface area contributed by atoms with Crippen molar-refractivity contribution in [2.24, 2.45) is 0 Å². The molecule has 3 atom stereocenters. The highest BCUT2D eigenvalue weighted by molar-refractivity contribution is 6.90. The van der Waals surface area contributed by atoms with Gasteiger partial charge in [0.2, 0.25) is 0 Å². The molecule has 0 aliphatic carbocycles. The molecule has 0 saturated carbocycles. The molecule has 0 radical (unpaired) electrons. The molecule has 2 aromatic carbocycles. The van der Waals surface area contributed by atoms with Crippen LogP contribution in [0.3, 0.4) is 0 Å². The third kappa shape index (κ3) is 3.43. The van der Waals surface area contributed by atoms with Crippen molar-refractivity contribution in [2.75, 3.05) is 0 Å². The second kappa shape index (κ2) is 6.25. The van der Waals surface area contributed by atoms with Gasteiger partial charge in [-0.15, -0.1) is 0 Å². The van der Waals surface area contributed by atoms with Crippen LogP contribution in [0.5, 0.6) is 0 Å². The summed E-state index contributed by atoms with van der Waals surface area (Å²) in [6, 6.07) is 23.1. The zero-order valence-electron chi connectivity index (χ0n) is 14.8. The van der Waals surface area contributed by atoms with Gasteiger partial charge in [-0.25, -0.2) is 0 Å². The van der Waals surface area contributed by atoms with Gasteiger partial charge < -0.3 is 4.74 Å². The Morgan fingerprint density at radius 1 is 1.00 bits per heavy atom. The zero-order valence-corrected chi connectivity index (χ0v) is 15.8. The molecule has 2 heteroatoms. The van der Waals surface area contributed by atoms with Crippen LogP contribution in [0.15, 0.2) is 60.7 Å². The average Bonchev–Trinajstić information content (AvgIpc) is 2.82. The lowest BCUT2D eigenvalue weighted by atomic mass is 9.83. The maximum Gasteiger partial charge on any atom is 0.0834 e. The summed E-state index contributed by atoms with van der Waals surface area (Å²) in [7, 11) is -1.55. The highest BCUT2D eigenvalue weighted by Crippen LogP contribution is 2.47. The Kier molecular flexibility index (Phi) is 4.48. The summed E-state index contributed by atoms with van der Waals surface area (Å²) in [5.41, 5.74) is 1.36. The lowest BCUT2D eigenvalue weighted by molar-refractivity contribution is -0.0139. The Labute approximate surface area is 141 Å². The maximum absolute atomic E-state index is 6.51. The summed E-state index contributed by atoms with van der Waals surface area (Å²) in [6.45, 7) is 9.51. The van der Waals surface area contributed by atoms with Crippen LogP contribution >= 0.6 is 0 Å². The van der Waals surface area contributed by atoms with Gasteiger partial charge >= 0.3 is 0 Å².